The summed E-state index contributed by atoms with van der Waals surface area (Å²) in [5.74, 6) is -0.0310. The molecular formula is C11H12BrN5O. The van der Waals surface area contributed by atoms with Gasteiger partial charge in [0, 0.05) is 10.2 Å². The first-order valence-electron chi connectivity index (χ1n) is 5.25. The molecule has 0 atom stereocenters. The van der Waals surface area contributed by atoms with Gasteiger partial charge in [-0.25, -0.2) is 9.67 Å². The first-order chi connectivity index (χ1) is 8.54. The van der Waals surface area contributed by atoms with Crippen molar-refractivity contribution in [2.75, 3.05) is 11.1 Å². The number of halogens is 1. The largest absolute Gasteiger partial charge is 0.367 e. The number of hydrogen-bond acceptors (Lipinski definition) is 4. The average Bonchev–Trinajstić information content (AvgIpc) is 2.69. The highest BCUT2D eigenvalue weighted by Crippen LogP contribution is 2.20. The van der Waals surface area contributed by atoms with E-state index in [4.69, 9.17) is 5.73 Å². The van der Waals surface area contributed by atoms with Crippen LogP contribution in [0.15, 0.2) is 29.0 Å². The Labute approximate surface area is 112 Å². The summed E-state index contributed by atoms with van der Waals surface area (Å²) < 4.78 is 2.33. The zero-order chi connectivity index (χ0) is 13.1. The van der Waals surface area contributed by atoms with Crippen LogP contribution in [-0.4, -0.2) is 20.7 Å². The smallest absolute Gasteiger partial charge is 0.246 e. The van der Waals surface area contributed by atoms with Crippen molar-refractivity contribution in [2.24, 2.45) is 0 Å². The average molecular weight is 310 g/mol. The van der Waals surface area contributed by atoms with Crippen LogP contribution in [0, 0.1) is 6.92 Å². The number of amides is 1. The molecule has 6 nitrogen and oxygen atoms in total. The van der Waals surface area contributed by atoms with Gasteiger partial charge in [0.1, 0.15) is 12.9 Å². The van der Waals surface area contributed by atoms with Gasteiger partial charge < -0.3 is 11.1 Å². The Balaban J connectivity index is 2.00. The lowest BCUT2D eigenvalue weighted by molar-refractivity contribution is -0.116. The monoisotopic (exact) mass is 309 g/mol. The minimum atomic E-state index is -0.185. The van der Waals surface area contributed by atoms with Gasteiger partial charge in [0.15, 0.2) is 0 Å². The standard InChI is InChI=1S/C11H12BrN5O/c1-7-2-3-8(4-9(7)12)15-10(18)5-17-6-14-11(13)16-17/h2-4,6H,5H2,1H3,(H2,13,16)(H,15,18). The van der Waals surface area contributed by atoms with E-state index in [0.717, 1.165) is 15.7 Å². The number of aromatic nitrogens is 3. The van der Waals surface area contributed by atoms with Gasteiger partial charge >= 0.3 is 0 Å². The Morgan fingerprint density at radius 3 is 2.94 bits per heavy atom. The number of carbonyl (C=O) groups excluding carboxylic acids is 1. The number of rotatable bonds is 3. The molecule has 94 valence electrons. The third-order valence-electron chi connectivity index (χ3n) is 2.32. The first kappa shape index (κ1) is 12.6. The third-order valence-corrected chi connectivity index (χ3v) is 3.17. The summed E-state index contributed by atoms with van der Waals surface area (Å²) in [7, 11) is 0. The summed E-state index contributed by atoms with van der Waals surface area (Å²) in [4.78, 5) is 15.5. The molecule has 0 bridgehead atoms. The fraction of sp³-hybridized carbons (Fsp3) is 0.182. The van der Waals surface area contributed by atoms with Crippen molar-refractivity contribution in [1.82, 2.24) is 14.8 Å². The quantitative estimate of drug-likeness (QED) is 0.901. The Kier molecular flexibility index (Phi) is 3.61. The van der Waals surface area contributed by atoms with Crippen LogP contribution in [0.2, 0.25) is 0 Å². The molecule has 1 amide bonds. The second-order valence-corrected chi connectivity index (χ2v) is 4.67. The minimum absolute atomic E-state index is 0.0791. The number of nitrogens with one attached hydrogen (secondary N) is 1. The van der Waals surface area contributed by atoms with Gasteiger partial charge in [-0.1, -0.05) is 22.0 Å². The van der Waals surface area contributed by atoms with Crippen molar-refractivity contribution < 1.29 is 4.79 Å². The second kappa shape index (κ2) is 5.18. The van der Waals surface area contributed by atoms with Crippen molar-refractivity contribution in [3.05, 3.63) is 34.6 Å². The molecule has 7 heteroatoms. The normalized spacial score (nSPS) is 10.3. The van der Waals surface area contributed by atoms with E-state index in [-0.39, 0.29) is 18.4 Å². The zero-order valence-electron chi connectivity index (χ0n) is 9.72. The Morgan fingerprint density at radius 2 is 2.33 bits per heavy atom. The fourth-order valence-corrected chi connectivity index (χ4v) is 1.78. The van der Waals surface area contributed by atoms with Gasteiger partial charge in [-0.05, 0) is 24.6 Å². The molecule has 0 fully saturated rings. The van der Waals surface area contributed by atoms with Crippen LogP contribution in [0.5, 0.6) is 0 Å². The number of benzene rings is 1. The van der Waals surface area contributed by atoms with Crippen LogP contribution in [0.25, 0.3) is 0 Å². The zero-order valence-corrected chi connectivity index (χ0v) is 11.3. The van der Waals surface area contributed by atoms with Gasteiger partial charge in [-0.2, -0.15) is 0 Å². The molecule has 3 N–H and O–H groups in total. The molecule has 1 aromatic heterocycles. The lowest BCUT2D eigenvalue weighted by Crippen LogP contribution is -2.19. The van der Waals surface area contributed by atoms with E-state index in [9.17, 15) is 4.79 Å². The Hall–Kier alpha value is -1.89. The van der Waals surface area contributed by atoms with Crippen LogP contribution in [0.1, 0.15) is 5.56 Å². The highest BCUT2D eigenvalue weighted by Gasteiger charge is 2.06. The minimum Gasteiger partial charge on any atom is -0.367 e. The first-order valence-corrected chi connectivity index (χ1v) is 6.05. The van der Waals surface area contributed by atoms with Crippen LogP contribution < -0.4 is 11.1 Å². The van der Waals surface area contributed by atoms with Gasteiger partial charge in [0.25, 0.3) is 0 Å². The van der Waals surface area contributed by atoms with Crippen molar-refractivity contribution in [1.29, 1.82) is 0 Å². The van der Waals surface area contributed by atoms with Crippen LogP contribution >= 0.6 is 15.9 Å². The SMILES string of the molecule is Cc1ccc(NC(=O)Cn2cnc(N)n2)cc1Br. The van der Waals surface area contributed by atoms with Gasteiger partial charge in [0.05, 0.1) is 0 Å². The van der Waals surface area contributed by atoms with Crippen molar-refractivity contribution in [2.45, 2.75) is 13.5 Å². The predicted octanol–water partition coefficient (Wildman–Crippen LogP) is 1.57. The highest BCUT2D eigenvalue weighted by molar-refractivity contribution is 9.10. The van der Waals surface area contributed by atoms with Crippen molar-refractivity contribution in [3.63, 3.8) is 0 Å². The van der Waals surface area contributed by atoms with Crippen LogP contribution in [0.3, 0.4) is 0 Å². The molecule has 0 spiro atoms. The van der Waals surface area contributed by atoms with E-state index in [0.29, 0.717) is 0 Å². The van der Waals surface area contributed by atoms with Gasteiger partial charge in [-0.15, -0.1) is 5.10 Å². The van der Waals surface area contributed by atoms with Crippen LogP contribution in [0.4, 0.5) is 11.6 Å². The Bertz CT molecular complexity index is 581. The number of carbonyl (C=O) groups is 1. The topological polar surface area (TPSA) is 85.8 Å². The molecule has 1 aromatic carbocycles. The van der Waals surface area contributed by atoms with Gasteiger partial charge in [-0.3, -0.25) is 4.79 Å². The van der Waals surface area contributed by atoms with Gasteiger partial charge in [0.2, 0.25) is 11.9 Å². The van der Waals surface area contributed by atoms with E-state index < -0.39 is 0 Å². The summed E-state index contributed by atoms with van der Waals surface area (Å²) in [6.07, 6.45) is 1.42. The maximum absolute atomic E-state index is 11.7. The molecule has 2 aromatic rings. The van der Waals surface area contributed by atoms with E-state index in [1.807, 2.05) is 25.1 Å². The predicted molar refractivity (Wildman–Crippen MR) is 71.9 cm³/mol. The van der Waals surface area contributed by atoms with E-state index in [1.54, 1.807) is 0 Å². The lowest BCUT2D eigenvalue weighted by Gasteiger charge is -2.06. The molecule has 0 saturated heterocycles. The number of anilines is 2. The second-order valence-electron chi connectivity index (χ2n) is 3.81. The highest BCUT2D eigenvalue weighted by atomic mass is 79.9. The number of nitrogens with two attached hydrogens (primary N) is 1. The number of nitrogens with zero attached hydrogens (tertiary/aromatic N) is 3. The molecule has 0 unspecified atom stereocenters. The summed E-state index contributed by atoms with van der Waals surface area (Å²) in [6.45, 7) is 2.06. The lowest BCUT2D eigenvalue weighted by atomic mass is 10.2. The molecule has 0 aliphatic carbocycles. The van der Waals surface area contributed by atoms with Crippen LogP contribution in [-0.2, 0) is 11.3 Å². The number of hydrogen-bond donors (Lipinski definition) is 2. The molecular weight excluding hydrogens is 298 g/mol. The number of nitrogen functional groups attached to an aromatic ring is 1. The van der Waals surface area contributed by atoms with Crippen molar-refractivity contribution in [3.8, 4) is 0 Å². The third kappa shape index (κ3) is 3.07. The molecule has 0 saturated carbocycles. The maximum Gasteiger partial charge on any atom is 0.246 e. The maximum atomic E-state index is 11.7. The van der Waals surface area contributed by atoms with Crippen molar-refractivity contribution >= 4 is 33.5 Å². The molecule has 0 aliphatic heterocycles. The molecule has 18 heavy (non-hydrogen) atoms. The summed E-state index contributed by atoms with van der Waals surface area (Å²) in [5.41, 5.74) is 7.20. The Morgan fingerprint density at radius 1 is 1.56 bits per heavy atom. The summed E-state index contributed by atoms with van der Waals surface area (Å²) in [6, 6.07) is 5.61. The molecule has 0 radical (unpaired) electrons. The summed E-state index contributed by atoms with van der Waals surface area (Å²) in [5, 5.41) is 6.61. The van der Waals surface area contributed by atoms with E-state index in [2.05, 4.69) is 31.3 Å². The molecule has 2 rings (SSSR count). The van der Waals surface area contributed by atoms with E-state index >= 15 is 0 Å². The molecule has 0 aliphatic rings. The molecule has 1 heterocycles. The fourth-order valence-electron chi connectivity index (χ4n) is 1.40. The van der Waals surface area contributed by atoms with E-state index in [1.165, 1.54) is 11.0 Å². The summed E-state index contributed by atoms with van der Waals surface area (Å²) >= 11 is 3.41. The number of aryl methyl sites for hydroxylation is 1.